The Morgan fingerprint density at radius 3 is 2.46 bits per heavy atom. The Labute approximate surface area is 152 Å². The highest BCUT2D eigenvalue weighted by Gasteiger charge is 2.43. The van der Waals surface area contributed by atoms with Crippen molar-refractivity contribution in [2.24, 2.45) is 4.99 Å². The number of hydrogen-bond donors (Lipinski definition) is 2. The molecule has 1 unspecified atom stereocenters. The van der Waals surface area contributed by atoms with E-state index in [1.807, 2.05) is 32.5 Å². The first-order valence-electron chi connectivity index (χ1n) is 8.42. The molecule has 0 bridgehead atoms. The fourth-order valence-electron chi connectivity index (χ4n) is 2.23. The molecule has 0 saturated heterocycles. The molecule has 0 spiro atoms. The second-order valence-corrected chi connectivity index (χ2v) is 11.0. The van der Waals surface area contributed by atoms with E-state index in [1.54, 1.807) is 7.05 Å². The minimum atomic E-state index is -0.840. The molecule has 0 aliphatic heterocycles. The summed E-state index contributed by atoms with van der Waals surface area (Å²) in [6.45, 7) is 7.59. The standard InChI is InChI=1S/C18H29N3OS2/c1-17(2,3)24(22)13-12-20-16(19-4)21-14-18(10-11-18)23-15-8-6-5-7-9-15/h5-9H,10-14H2,1-4H3,(H2,19,20,21). The van der Waals surface area contributed by atoms with Crippen LogP contribution in [0.15, 0.2) is 40.2 Å². The van der Waals surface area contributed by atoms with Gasteiger partial charge in [0, 0.05) is 51.1 Å². The van der Waals surface area contributed by atoms with Gasteiger partial charge in [0.05, 0.1) is 0 Å². The van der Waals surface area contributed by atoms with Crippen LogP contribution in [0.3, 0.4) is 0 Å². The summed E-state index contributed by atoms with van der Waals surface area (Å²) in [5.41, 5.74) is 0. The Morgan fingerprint density at radius 2 is 1.92 bits per heavy atom. The van der Waals surface area contributed by atoms with Crippen molar-refractivity contribution in [3.05, 3.63) is 30.3 Å². The maximum absolute atomic E-state index is 12.1. The first-order chi connectivity index (χ1) is 11.3. The zero-order valence-electron chi connectivity index (χ0n) is 15.1. The van der Waals surface area contributed by atoms with E-state index >= 15 is 0 Å². The minimum Gasteiger partial charge on any atom is -0.355 e. The summed E-state index contributed by atoms with van der Waals surface area (Å²) in [4.78, 5) is 5.59. The molecule has 1 aromatic carbocycles. The summed E-state index contributed by atoms with van der Waals surface area (Å²) in [5.74, 6) is 1.43. The first kappa shape index (κ1) is 19.3. The zero-order chi connectivity index (χ0) is 17.6. The van der Waals surface area contributed by atoms with Crippen molar-refractivity contribution >= 4 is 28.5 Å². The average molecular weight is 368 g/mol. The van der Waals surface area contributed by atoms with Gasteiger partial charge in [-0.15, -0.1) is 11.8 Å². The van der Waals surface area contributed by atoms with Gasteiger partial charge in [0.25, 0.3) is 0 Å². The van der Waals surface area contributed by atoms with E-state index in [0.29, 0.717) is 12.3 Å². The fourth-order valence-corrected chi connectivity index (χ4v) is 4.37. The van der Waals surface area contributed by atoms with E-state index in [9.17, 15) is 4.21 Å². The maximum atomic E-state index is 12.1. The third kappa shape index (κ3) is 6.13. The van der Waals surface area contributed by atoms with Crippen molar-refractivity contribution in [3.63, 3.8) is 0 Å². The van der Waals surface area contributed by atoms with Gasteiger partial charge in [-0.2, -0.15) is 0 Å². The number of guanidine groups is 1. The highest BCUT2D eigenvalue weighted by molar-refractivity contribution is 8.01. The van der Waals surface area contributed by atoms with Gasteiger partial charge in [-0.25, -0.2) is 0 Å². The molecule has 134 valence electrons. The van der Waals surface area contributed by atoms with Crippen molar-refractivity contribution < 1.29 is 4.21 Å². The summed E-state index contributed by atoms with van der Waals surface area (Å²) < 4.78 is 12.2. The van der Waals surface area contributed by atoms with Crippen LogP contribution in [0.1, 0.15) is 33.6 Å². The minimum absolute atomic E-state index is 0.164. The van der Waals surface area contributed by atoms with Gasteiger partial charge in [0.2, 0.25) is 0 Å². The van der Waals surface area contributed by atoms with Gasteiger partial charge in [-0.3, -0.25) is 9.20 Å². The van der Waals surface area contributed by atoms with Gasteiger partial charge >= 0.3 is 0 Å². The number of rotatable bonds is 7. The fraction of sp³-hybridized carbons (Fsp3) is 0.611. The largest absolute Gasteiger partial charge is 0.355 e. The molecular formula is C18H29N3OS2. The number of aliphatic imine (C=N–C) groups is 1. The molecule has 1 atom stereocenters. The van der Waals surface area contributed by atoms with E-state index in [0.717, 1.165) is 12.5 Å². The van der Waals surface area contributed by atoms with E-state index in [1.165, 1.54) is 17.7 Å². The molecule has 6 heteroatoms. The van der Waals surface area contributed by atoms with Crippen molar-refractivity contribution in [2.75, 3.05) is 25.9 Å². The molecule has 1 fully saturated rings. The van der Waals surface area contributed by atoms with E-state index in [-0.39, 0.29) is 9.49 Å². The Kier molecular flexibility index (Phi) is 6.75. The average Bonchev–Trinajstić information content (AvgIpc) is 3.30. The van der Waals surface area contributed by atoms with Gasteiger partial charge in [-0.1, -0.05) is 18.2 Å². The topological polar surface area (TPSA) is 53.5 Å². The van der Waals surface area contributed by atoms with Gasteiger partial charge < -0.3 is 10.6 Å². The molecule has 1 saturated carbocycles. The van der Waals surface area contributed by atoms with Crippen molar-refractivity contribution in [1.82, 2.24) is 10.6 Å². The van der Waals surface area contributed by atoms with Crippen molar-refractivity contribution in [2.45, 2.75) is 48.0 Å². The summed E-state index contributed by atoms with van der Waals surface area (Å²) in [6, 6.07) is 10.6. The van der Waals surface area contributed by atoms with Crippen LogP contribution in [-0.4, -0.2) is 45.6 Å². The molecule has 0 amide bonds. The Bertz CT molecular complexity index is 578. The molecule has 2 rings (SSSR count). The third-order valence-corrected chi connectivity index (χ3v) is 7.38. The molecule has 1 aromatic rings. The lowest BCUT2D eigenvalue weighted by atomic mass is 10.3. The molecule has 4 nitrogen and oxygen atoms in total. The first-order valence-corrected chi connectivity index (χ1v) is 10.6. The number of nitrogens with one attached hydrogen (secondary N) is 2. The van der Waals surface area contributed by atoms with E-state index < -0.39 is 10.8 Å². The predicted molar refractivity (Wildman–Crippen MR) is 106 cm³/mol. The third-order valence-electron chi connectivity index (χ3n) is 3.95. The Balaban J connectivity index is 1.75. The Hall–Kier alpha value is -1.01. The molecule has 1 aliphatic carbocycles. The van der Waals surface area contributed by atoms with Crippen LogP contribution in [0.25, 0.3) is 0 Å². The molecule has 24 heavy (non-hydrogen) atoms. The monoisotopic (exact) mass is 367 g/mol. The highest BCUT2D eigenvalue weighted by Crippen LogP contribution is 2.51. The van der Waals surface area contributed by atoms with Crippen LogP contribution < -0.4 is 10.6 Å². The molecule has 0 heterocycles. The van der Waals surface area contributed by atoms with Gasteiger partial charge in [0.1, 0.15) is 0 Å². The lowest BCUT2D eigenvalue weighted by molar-refractivity contribution is 0.647. The van der Waals surface area contributed by atoms with Crippen molar-refractivity contribution in [1.29, 1.82) is 0 Å². The second-order valence-electron chi connectivity index (χ2n) is 7.11. The molecule has 2 N–H and O–H groups in total. The van der Waals surface area contributed by atoms with Crippen LogP contribution in [-0.2, 0) is 10.8 Å². The van der Waals surface area contributed by atoms with Crippen LogP contribution in [0.4, 0.5) is 0 Å². The smallest absolute Gasteiger partial charge is 0.191 e. The molecule has 0 aromatic heterocycles. The molecular weight excluding hydrogens is 338 g/mol. The summed E-state index contributed by atoms with van der Waals surface area (Å²) in [7, 11) is 0.937. The van der Waals surface area contributed by atoms with Crippen LogP contribution >= 0.6 is 11.8 Å². The highest BCUT2D eigenvalue weighted by atomic mass is 32.2. The van der Waals surface area contributed by atoms with E-state index in [4.69, 9.17) is 0 Å². The van der Waals surface area contributed by atoms with Gasteiger partial charge in [-0.05, 0) is 45.7 Å². The number of hydrogen-bond acceptors (Lipinski definition) is 3. The maximum Gasteiger partial charge on any atom is 0.191 e. The van der Waals surface area contributed by atoms with Crippen LogP contribution in [0, 0.1) is 0 Å². The van der Waals surface area contributed by atoms with Crippen LogP contribution in [0.2, 0.25) is 0 Å². The summed E-state index contributed by atoms with van der Waals surface area (Å²) in [6.07, 6.45) is 2.45. The molecule has 1 aliphatic rings. The van der Waals surface area contributed by atoms with E-state index in [2.05, 4.69) is 46.0 Å². The normalized spacial score (nSPS) is 18.1. The SMILES string of the molecule is CN=C(NCCS(=O)C(C)(C)C)NCC1(Sc2ccccc2)CC1. The lowest BCUT2D eigenvalue weighted by Gasteiger charge is -2.20. The van der Waals surface area contributed by atoms with Crippen molar-refractivity contribution in [3.8, 4) is 0 Å². The lowest BCUT2D eigenvalue weighted by Crippen LogP contribution is -2.43. The Morgan fingerprint density at radius 1 is 1.25 bits per heavy atom. The predicted octanol–water partition coefficient (Wildman–Crippen LogP) is 3.02. The zero-order valence-corrected chi connectivity index (χ0v) is 16.7. The number of benzene rings is 1. The van der Waals surface area contributed by atoms with Crippen LogP contribution in [0.5, 0.6) is 0 Å². The number of thioether (sulfide) groups is 1. The summed E-state index contributed by atoms with van der Waals surface area (Å²) in [5, 5.41) is 6.70. The molecule has 0 radical (unpaired) electrons. The quantitative estimate of drug-likeness (QED) is 0.574. The van der Waals surface area contributed by atoms with Gasteiger partial charge in [0.15, 0.2) is 5.96 Å². The second kappa shape index (κ2) is 8.39. The number of nitrogens with zero attached hydrogens (tertiary/aromatic N) is 1. The summed E-state index contributed by atoms with van der Waals surface area (Å²) >= 11 is 1.95.